The second-order valence-electron chi connectivity index (χ2n) is 2.34. The van der Waals surface area contributed by atoms with E-state index in [-0.39, 0.29) is 41.3 Å². The van der Waals surface area contributed by atoms with E-state index < -0.39 is 9.20 Å². The van der Waals surface area contributed by atoms with Gasteiger partial charge in [0.25, 0.3) is 0 Å². The molecule has 0 unspecified atom stereocenters. The van der Waals surface area contributed by atoms with Gasteiger partial charge in [-0.1, -0.05) is 31.9 Å². The first-order chi connectivity index (χ1) is 6.09. The van der Waals surface area contributed by atoms with Crippen LogP contribution in [0, 0.1) is 47.4 Å². The Labute approximate surface area is 133 Å². The number of hydrogen-bond acceptors (Lipinski definition) is 2. The van der Waals surface area contributed by atoms with Crippen LogP contribution in [0.5, 0.6) is 0 Å². The number of hydrogen-bond donors (Lipinski definition) is 0. The molecule has 14 heavy (non-hydrogen) atoms. The number of alkyl halides is 2. The number of rotatable bonds is 2. The molecule has 0 atom stereocenters. The smallest absolute Gasteiger partial charge is 0.335 e. The van der Waals surface area contributed by atoms with Crippen molar-refractivity contribution in [1.29, 1.82) is 0 Å². The number of carbonyl (C=O) groups is 1. The third kappa shape index (κ3) is 3.55. The van der Waals surface area contributed by atoms with E-state index in [1.807, 2.05) is 12.1 Å². The van der Waals surface area contributed by atoms with Gasteiger partial charge in [0, 0.05) is 41.3 Å². The third-order valence-corrected chi connectivity index (χ3v) is 2.99. The molecule has 0 aromatic heterocycles. The summed E-state index contributed by atoms with van der Waals surface area (Å²) in [5.41, 5.74) is 0.682. The normalized spacial score (nSPS) is 10.2. The molecule has 0 aliphatic carbocycles. The van der Waals surface area contributed by atoms with Crippen LogP contribution in [0.25, 0.3) is 0 Å². The maximum absolute atomic E-state index is 11.3. The quantitative estimate of drug-likeness (QED) is 0.396. The fourth-order valence-corrected chi connectivity index (χ4v) is 1.64. The van der Waals surface area contributed by atoms with Crippen molar-refractivity contribution in [1.82, 2.24) is 0 Å². The largest absolute Gasteiger partial charge is 0.467 e. The molecule has 1 rings (SSSR count). The van der Waals surface area contributed by atoms with Crippen LogP contribution in [-0.2, 0) is 12.8 Å². The van der Waals surface area contributed by atoms with E-state index in [2.05, 4.69) is 42.7 Å². The van der Waals surface area contributed by atoms with E-state index in [0.717, 1.165) is 0 Å². The molecule has 0 saturated carbocycles. The van der Waals surface area contributed by atoms with Crippen molar-refractivity contribution in [3.8, 4) is 0 Å². The molecule has 73 valence electrons. The summed E-state index contributed by atoms with van der Waals surface area (Å²) in [4.78, 5) is 11.3. The molecule has 2 nitrogen and oxygen atoms in total. The Kier molecular flexibility index (Phi) is 7.04. The minimum atomic E-state index is -0.990. The molecule has 5 heteroatoms. The Morgan fingerprint density at radius 3 is 2.57 bits per heavy atom. The predicted octanol–water partition coefficient (Wildman–Crippen LogP) is 2.60. The van der Waals surface area contributed by atoms with Crippen LogP contribution in [0.3, 0.4) is 0 Å². The van der Waals surface area contributed by atoms with Crippen LogP contribution in [-0.4, -0.2) is 13.1 Å². The van der Waals surface area contributed by atoms with Crippen molar-refractivity contribution in [2.45, 2.75) is 3.23 Å². The van der Waals surface area contributed by atoms with Gasteiger partial charge in [-0.15, -0.1) is 5.56 Å². The summed E-state index contributed by atoms with van der Waals surface area (Å²) in [5, 5.41) is 0. The fraction of sp³-hybridized carbons (Fsp3) is 0.222. The number of esters is 1. The Hall–Kier alpha value is 1.01. The van der Waals surface area contributed by atoms with Gasteiger partial charge in [-0.2, -0.15) is 30.3 Å². The summed E-state index contributed by atoms with van der Waals surface area (Å²) in [6.07, 6.45) is 0. The summed E-state index contributed by atoms with van der Waals surface area (Å²) in [5.74, 6) is -0.407. The molecule has 0 saturated heterocycles. The van der Waals surface area contributed by atoms with Crippen LogP contribution in [0.2, 0.25) is 0 Å². The Morgan fingerprint density at radius 1 is 1.50 bits per heavy atom. The van der Waals surface area contributed by atoms with Crippen molar-refractivity contribution in [2.24, 2.45) is 0 Å². The van der Waals surface area contributed by atoms with Gasteiger partial charge in [0.05, 0.1) is 7.11 Å². The van der Waals surface area contributed by atoms with Crippen molar-refractivity contribution in [3.63, 3.8) is 0 Å². The summed E-state index contributed by atoms with van der Waals surface area (Å²) in [7, 11) is 1.34. The first-order valence-corrected chi connectivity index (χ1v) is 5.11. The van der Waals surface area contributed by atoms with Crippen LogP contribution in [0.15, 0.2) is 24.3 Å². The standard InChI is InChI=1S/C9H7Br2O2.Pr/c1-13-8(12)9(10,11)7-5-3-2-4-6-7;/h2-5H,1H3;/q-1;. The number of methoxy groups -OCH3 is 1. The van der Waals surface area contributed by atoms with Gasteiger partial charge < -0.3 is 4.74 Å². The molecule has 0 fully saturated rings. The van der Waals surface area contributed by atoms with Gasteiger partial charge in [-0.3, -0.25) is 0 Å². The number of ether oxygens (including phenoxy) is 1. The Balaban J connectivity index is 0.00000169. The van der Waals surface area contributed by atoms with Crippen molar-refractivity contribution in [2.75, 3.05) is 7.11 Å². The molecule has 0 aliphatic heterocycles. The fourth-order valence-electron chi connectivity index (χ4n) is 0.827. The van der Waals surface area contributed by atoms with E-state index in [9.17, 15) is 4.79 Å². The van der Waals surface area contributed by atoms with Crippen LogP contribution in [0.1, 0.15) is 5.56 Å². The van der Waals surface area contributed by atoms with E-state index in [4.69, 9.17) is 0 Å². The molecule has 0 heterocycles. The Bertz CT molecular complexity index is 301. The molecule has 0 bridgehead atoms. The van der Waals surface area contributed by atoms with Crippen LogP contribution in [0.4, 0.5) is 0 Å². The second-order valence-corrected chi connectivity index (χ2v) is 5.79. The molecule has 1 aromatic carbocycles. The number of halogens is 2. The third-order valence-electron chi connectivity index (χ3n) is 1.49. The molecule has 0 aliphatic rings. The summed E-state index contributed by atoms with van der Waals surface area (Å²) < 4.78 is 3.63. The van der Waals surface area contributed by atoms with Crippen molar-refractivity contribution in [3.05, 3.63) is 35.9 Å². The van der Waals surface area contributed by atoms with Crippen LogP contribution >= 0.6 is 31.9 Å². The maximum Gasteiger partial charge on any atom is 0.335 e. The molecule has 1 radical (unpaired) electrons. The van der Waals surface area contributed by atoms with Crippen molar-refractivity contribution < 1.29 is 50.8 Å². The topological polar surface area (TPSA) is 26.3 Å². The average Bonchev–Trinajstić information content (AvgIpc) is 2.18. The Morgan fingerprint density at radius 2 is 2.14 bits per heavy atom. The molecule has 0 N–H and O–H groups in total. The van der Waals surface area contributed by atoms with Gasteiger partial charge in [0.2, 0.25) is 0 Å². The van der Waals surface area contributed by atoms with E-state index in [1.165, 1.54) is 7.11 Å². The van der Waals surface area contributed by atoms with Crippen molar-refractivity contribution >= 4 is 37.8 Å². The van der Waals surface area contributed by atoms with Crippen LogP contribution < -0.4 is 0 Å². The SMILES string of the molecule is COC(=O)C(Br)(Br)c1[c-]cccc1.[Pr]. The monoisotopic (exact) mass is 446 g/mol. The summed E-state index contributed by atoms with van der Waals surface area (Å²) in [6.45, 7) is 0. The zero-order valence-corrected chi connectivity index (χ0v) is 14.3. The zero-order valence-electron chi connectivity index (χ0n) is 7.46. The zero-order chi connectivity index (χ0) is 9.90. The van der Waals surface area contributed by atoms with Gasteiger partial charge in [-0.05, 0) is 0 Å². The molecule has 0 amide bonds. The molecule has 0 spiro atoms. The molecular formula is C9H7Br2O2Pr-. The van der Waals surface area contributed by atoms with Gasteiger partial charge in [-0.25, -0.2) is 4.79 Å². The molecular weight excluding hydrogens is 441 g/mol. The summed E-state index contributed by atoms with van der Waals surface area (Å²) >= 11 is 6.45. The maximum atomic E-state index is 11.3. The second kappa shape index (κ2) is 6.56. The van der Waals surface area contributed by atoms with Gasteiger partial charge in [0.1, 0.15) is 0 Å². The first kappa shape index (κ1) is 15.0. The average molecular weight is 448 g/mol. The minimum Gasteiger partial charge on any atom is -0.467 e. The number of benzene rings is 1. The number of carbonyl (C=O) groups excluding carboxylic acids is 1. The van der Waals surface area contributed by atoms with E-state index >= 15 is 0 Å². The summed E-state index contributed by atoms with van der Waals surface area (Å²) in [6, 6.07) is 10.1. The minimum absolute atomic E-state index is 0. The van der Waals surface area contributed by atoms with Gasteiger partial charge >= 0.3 is 5.97 Å². The predicted molar refractivity (Wildman–Crippen MR) is 56.8 cm³/mol. The first-order valence-electron chi connectivity index (χ1n) is 3.52. The van der Waals surface area contributed by atoms with E-state index in [1.54, 1.807) is 12.1 Å². The van der Waals surface area contributed by atoms with Gasteiger partial charge in [0.15, 0.2) is 3.23 Å². The molecule has 1 aromatic rings. The van der Waals surface area contributed by atoms with E-state index in [0.29, 0.717) is 5.56 Å².